The van der Waals surface area contributed by atoms with E-state index in [0.29, 0.717) is 15.8 Å². The van der Waals surface area contributed by atoms with E-state index in [2.05, 4.69) is 0 Å². The average molecular weight is 322 g/mol. The van der Waals surface area contributed by atoms with E-state index < -0.39 is 0 Å². The van der Waals surface area contributed by atoms with Crippen LogP contribution in [0.5, 0.6) is 5.75 Å². The minimum absolute atomic E-state index is 0.139. The number of benzene rings is 1. The minimum Gasteiger partial charge on any atom is -0.493 e. The zero-order valence-electron chi connectivity index (χ0n) is 10.9. The van der Waals surface area contributed by atoms with Gasteiger partial charge in [0.05, 0.1) is 36.3 Å². The molecule has 0 saturated heterocycles. The molecule has 0 aliphatic rings. The Morgan fingerprint density at radius 2 is 1.80 bits per heavy atom. The molecule has 0 heterocycles. The van der Waals surface area contributed by atoms with Crippen LogP contribution in [0.4, 0.5) is 0 Å². The zero-order chi connectivity index (χ0) is 15.0. The van der Waals surface area contributed by atoms with Crippen LogP contribution in [0.15, 0.2) is 18.2 Å². The smallest absolute Gasteiger partial charge is 0.226 e. The first-order chi connectivity index (χ1) is 9.58. The van der Waals surface area contributed by atoms with E-state index in [4.69, 9.17) is 38.2 Å². The summed E-state index contributed by atoms with van der Waals surface area (Å²) in [7, 11) is 0. The Morgan fingerprint density at radius 1 is 1.15 bits per heavy atom. The van der Waals surface area contributed by atoms with Crippen LogP contribution in [-0.2, 0) is 4.79 Å². The molecule has 0 saturated carbocycles. The van der Waals surface area contributed by atoms with Gasteiger partial charge in [-0.2, -0.15) is 0 Å². The highest BCUT2D eigenvalue weighted by molar-refractivity contribution is 6.42. The third-order valence-corrected chi connectivity index (χ3v) is 3.31. The molecule has 20 heavy (non-hydrogen) atoms. The summed E-state index contributed by atoms with van der Waals surface area (Å²) in [5.74, 6) is 0.344. The Morgan fingerprint density at radius 3 is 2.35 bits per heavy atom. The first-order valence-corrected chi connectivity index (χ1v) is 6.91. The molecule has 0 aliphatic carbocycles. The highest BCUT2D eigenvalue weighted by Crippen LogP contribution is 2.26. The van der Waals surface area contributed by atoms with Crippen molar-refractivity contribution in [2.75, 3.05) is 32.9 Å². The summed E-state index contributed by atoms with van der Waals surface area (Å²) in [5.41, 5.74) is 0. The predicted molar refractivity (Wildman–Crippen MR) is 77.3 cm³/mol. The molecule has 0 aromatic heterocycles. The monoisotopic (exact) mass is 321 g/mol. The summed E-state index contributed by atoms with van der Waals surface area (Å²) < 4.78 is 5.40. The lowest BCUT2D eigenvalue weighted by Gasteiger charge is -2.20. The van der Waals surface area contributed by atoms with Crippen molar-refractivity contribution in [2.45, 2.75) is 6.42 Å². The Labute approximate surface area is 127 Å². The second kappa shape index (κ2) is 9.02. The van der Waals surface area contributed by atoms with Gasteiger partial charge in [-0.15, -0.1) is 0 Å². The molecule has 1 aromatic carbocycles. The molecule has 0 aliphatic heterocycles. The quantitative estimate of drug-likeness (QED) is 0.762. The van der Waals surface area contributed by atoms with Gasteiger partial charge in [-0.1, -0.05) is 23.2 Å². The van der Waals surface area contributed by atoms with Gasteiger partial charge in [0.25, 0.3) is 0 Å². The molecule has 7 heteroatoms. The fraction of sp³-hybridized carbons (Fsp3) is 0.462. The molecule has 0 spiro atoms. The molecular formula is C13H17Cl2NO4. The maximum Gasteiger partial charge on any atom is 0.226 e. The number of aliphatic hydroxyl groups is 2. The maximum absolute atomic E-state index is 11.8. The van der Waals surface area contributed by atoms with E-state index in [1.165, 1.54) is 4.90 Å². The third kappa shape index (κ3) is 5.54. The molecule has 0 unspecified atom stereocenters. The fourth-order valence-electron chi connectivity index (χ4n) is 1.58. The van der Waals surface area contributed by atoms with Gasteiger partial charge < -0.3 is 19.8 Å². The van der Waals surface area contributed by atoms with Crippen LogP contribution in [0, 0.1) is 0 Å². The van der Waals surface area contributed by atoms with Crippen molar-refractivity contribution in [3.63, 3.8) is 0 Å². The van der Waals surface area contributed by atoms with Crippen molar-refractivity contribution in [3.05, 3.63) is 28.2 Å². The molecule has 1 aromatic rings. The molecule has 0 fully saturated rings. The first-order valence-electron chi connectivity index (χ1n) is 6.15. The van der Waals surface area contributed by atoms with Crippen LogP contribution in [0.2, 0.25) is 10.0 Å². The SMILES string of the molecule is O=C(CCOc1ccc(Cl)c(Cl)c1)N(CCO)CCO. The number of hydrogen-bond donors (Lipinski definition) is 2. The van der Waals surface area contributed by atoms with Gasteiger partial charge in [-0.05, 0) is 12.1 Å². The summed E-state index contributed by atoms with van der Waals surface area (Å²) >= 11 is 11.6. The number of carbonyl (C=O) groups excluding carboxylic acids is 1. The van der Waals surface area contributed by atoms with E-state index in [1.807, 2.05) is 0 Å². The highest BCUT2D eigenvalue weighted by Gasteiger charge is 2.12. The Hall–Kier alpha value is -1.01. The standard InChI is InChI=1S/C13H17Cl2NO4/c14-11-2-1-10(9-12(11)15)20-8-3-13(19)16(4-6-17)5-7-18/h1-2,9,17-18H,3-8H2. The number of nitrogens with zero attached hydrogens (tertiary/aromatic N) is 1. The summed E-state index contributed by atoms with van der Waals surface area (Å²) in [4.78, 5) is 13.2. The number of hydrogen-bond acceptors (Lipinski definition) is 4. The average Bonchev–Trinajstić information content (AvgIpc) is 2.42. The Balaban J connectivity index is 2.42. The molecule has 5 nitrogen and oxygen atoms in total. The van der Waals surface area contributed by atoms with E-state index in [9.17, 15) is 4.79 Å². The highest BCUT2D eigenvalue weighted by atomic mass is 35.5. The van der Waals surface area contributed by atoms with E-state index in [1.54, 1.807) is 18.2 Å². The second-order valence-electron chi connectivity index (χ2n) is 4.00. The summed E-state index contributed by atoms with van der Waals surface area (Å²) in [6, 6.07) is 4.86. The van der Waals surface area contributed by atoms with Crippen molar-refractivity contribution in [3.8, 4) is 5.75 Å². The lowest BCUT2D eigenvalue weighted by Crippen LogP contribution is -2.36. The Kier molecular flexibility index (Phi) is 7.69. The molecule has 0 atom stereocenters. The van der Waals surface area contributed by atoms with Crippen LogP contribution in [0.25, 0.3) is 0 Å². The topological polar surface area (TPSA) is 70.0 Å². The van der Waals surface area contributed by atoms with Gasteiger partial charge in [-0.3, -0.25) is 4.79 Å². The van der Waals surface area contributed by atoms with E-state index in [-0.39, 0.29) is 45.2 Å². The predicted octanol–water partition coefficient (Wildman–Crippen LogP) is 1.58. The molecule has 0 radical (unpaired) electrons. The molecule has 1 amide bonds. The van der Waals surface area contributed by atoms with Gasteiger partial charge >= 0.3 is 0 Å². The van der Waals surface area contributed by atoms with Gasteiger partial charge in [0, 0.05) is 19.2 Å². The van der Waals surface area contributed by atoms with Gasteiger partial charge in [-0.25, -0.2) is 0 Å². The van der Waals surface area contributed by atoms with E-state index in [0.717, 1.165) is 0 Å². The first kappa shape index (κ1) is 17.0. The molecule has 0 bridgehead atoms. The number of halogens is 2. The van der Waals surface area contributed by atoms with Crippen molar-refractivity contribution in [1.29, 1.82) is 0 Å². The van der Waals surface area contributed by atoms with Crippen LogP contribution in [0.3, 0.4) is 0 Å². The van der Waals surface area contributed by atoms with E-state index >= 15 is 0 Å². The Bertz CT molecular complexity index is 436. The lowest BCUT2D eigenvalue weighted by atomic mass is 10.3. The summed E-state index contributed by atoms with van der Waals surface area (Å²) in [6.07, 6.45) is 0.153. The number of rotatable bonds is 8. The van der Waals surface area contributed by atoms with Crippen molar-refractivity contribution < 1.29 is 19.7 Å². The van der Waals surface area contributed by atoms with Crippen LogP contribution < -0.4 is 4.74 Å². The molecule has 2 N–H and O–H groups in total. The van der Waals surface area contributed by atoms with Crippen LogP contribution >= 0.6 is 23.2 Å². The fourth-order valence-corrected chi connectivity index (χ4v) is 1.87. The molecular weight excluding hydrogens is 305 g/mol. The van der Waals surface area contributed by atoms with Crippen molar-refractivity contribution in [2.24, 2.45) is 0 Å². The zero-order valence-corrected chi connectivity index (χ0v) is 12.4. The lowest BCUT2D eigenvalue weighted by molar-refractivity contribution is -0.132. The second-order valence-corrected chi connectivity index (χ2v) is 4.82. The van der Waals surface area contributed by atoms with Gasteiger partial charge in [0.15, 0.2) is 0 Å². The molecule has 112 valence electrons. The third-order valence-electron chi connectivity index (χ3n) is 2.57. The number of aliphatic hydroxyl groups excluding tert-OH is 2. The largest absolute Gasteiger partial charge is 0.493 e. The minimum atomic E-state index is -0.187. The normalized spacial score (nSPS) is 10.4. The van der Waals surface area contributed by atoms with Crippen LogP contribution in [-0.4, -0.2) is 53.9 Å². The van der Waals surface area contributed by atoms with Crippen LogP contribution in [0.1, 0.15) is 6.42 Å². The number of ether oxygens (including phenoxy) is 1. The van der Waals surface area contributed by atoms with Gasteiger partial charge in [0.2, 0.25) is 5.91 Å². The maximum atomic E-state index is 11.8. The summed E-state index contributed by atoms with van der Waals surface area (Å²) in [6.45, 7) is 0.307. The van der Waals surface area contributed by atoms with Crippen molar-refractivity contribution >= 4 is 29.1 Å². The molecule has 1 rings (SSSR count). The van der Waals surface area contributed by atoms with Gasteiger partial charge in [0.1, 0.15) is 5.75 Å². The number of amides is 1. The number of carbonyl (C=O) groups is 1. The summed E-state index contributed by atoms with van der Waals surface area (Å²) in [5, 5.41) is 18.5. The van der Waals surface area contributed by atoms with Crippen molar-refractivity contribution in [1.82, 2.24) is 4.90 Å².